The maximum atomic E-state index is 3.44. The van der Waals surface area contributed by atoms with Gasteiger partial charge < -0.3 is 5.32 Å². The lowest BCUT2D eigenvalue weighted by molar-refractivity contribution is 0.103. The predicted octanol–water partition coefficient (Wildman–Crippen LogP) is 1.54. The molecule has 1 heteroatoms. The Hall–Kier alpha value is -0.0400. The smallest absolute Gasteiger partial charge is 0.0108 e. The van der Waals surface area contributed by atoms with Gasteiger partial charge in [0.2, 0.25) is 0 Å². The largest absolute Gasteiger partial charge is 0.313 e. The molecule has 2 aliphatic rings. The SMILES string of the molecule is C[C@H]1NCC12CCCC2. The number of nitrogens with one attached hydrogen (secondary N) is 1. The second kappa shape index (κ2) is 1.72. The van der Waals surface area contributed by atoms with E-state index in [1.54, 1.807) is 0 Å². The quantitative estimate of drug-likeness (QED) is 0.518. The van der Waals surface area contributed by atoms with Crippen molar-refractivity contribution in [1.29, 1.82) is 0 Å². The zero-order chi connectivity index (χ0) is 6.32. The van der Waals surface area contributed by atoms with E-state index in [-0.39, 0.29) is 0 Å². The molecule has 0 aromatic rings. The average Bonchev–Trinajstić information content (AvgIpc) is 2.34. The van der Waals surface area contributed by atoms with E-state index in [0.29, 0.717) is 0 Å². The highest BCUT2D eigenvalue weighted by Crippen LogP contribution is 2.44. The minimum Gasteiger partial charge on any atom is -0.313 e. The van der Waals surface area contributed by atoms with Crippen molar-refractivity contribution in [2.45, 2.75) is 38.6 Å². The van der Waals surface area contributed by atoms with E-state index in [4.69, 9.17) is 0 Å². The van der Waals surface area contributed by atoms with E-state index in [0.717, 1.165) is 11.5 Å². The van der Waals surface area contributed by atoms with Crippen molar-refractivity contribution in [2.24, 2.45) is 5.41 Å². The summed E-state index contributed by atoms with van der Waals surface area (Å²) < 4.78 is 0. The molecule has 1 nitrogen and oxygen atoms in total. The van der Waals surface area contributed by atoms with Crippen molar-refractivity contribution >= 4 is 0 Å². The van der Waals surface area contributed by atoms with Crippen LogP contribution < -0.4 is 5.32 Å². The van der Waals surface area contributed by atoms with Gasteiger partial charge in [-0.25, -0.2) is 0 Å². The van der Waals surface area contributed by atoms with Gasteiger partial charge in [0.25, 0.3) is 0 Å². The second-order valence-corrected chi connectivity index (χ2v) is 3.67. The van der Waals surface area contributed by atoms with E-state index < -0.39 is 0 Å². The van der Waals surface area contributed by atoms with Gasteiger partial charge in [-0.2, -0.15) is 0 Å². The van der Waals surface area contributed by atoms with Crippen LogP contribution in [0.3, 0.4) is 0 Å². The van der Waals surface area contributed by atoms with Crippen LogP contribution in [0.1, 0.15) is 32.6 Å². The first-order valence-corrected chi connectivity index (χ1v) is 4.07. The standard InChI is InChI=1S/C8H15N/c1-7-8(6-9-7)4-2-3-5-8/h7,9H,2-6H2,1H3/t7-/m1/s1. The molecule has 2 fully saturated rings. The van der Waals surface area contributed by atoms with Crippen LogP contribution in [-0.2, 0) is 0 Å². The Morgan fingerprint density at radius 1 is 1.33 bits per heavy atom. The molecule has 1 aliphatic heterocycles. The highest BCUT2D eigenvalue weighted by Gasteiger charge is 2.45. The minimum absolute atomic E-state index is 0.764. The van der Waals surface area contributed by atoms with Gasteiger partial charge in [0.05, 0.1) is 0 Å². The third kappa shape index (κ3) is 0.644. The van der Waals surface area contributed by atoms with E-state index in [1.165, 1.54) is 32.2 Å². The van der Waals surface area contributed by atoms with E-state index in [2.05, 4.69) is 12.2 Å². The van der Waals surface area contributed by atoms with Crippen LogP contribution >= 0.6 is 0 Å². The average molecular weight is 125 g/mol. The lowest BCUT2D eigenvalue weighted by Gasteiger charge is -2.46. The summed E-state index contributed by atoms with van der Waals surface area (Å²) >= 11 is 0. The van der Waals surface area contributed by atoms with E-state index in [1.807, 2.05) is 0 Å². The van der Waals surface area contributed by atoms with Gasteiger partial charge in [-0.15, -0.1) is 0 Å². The molecule has 0 unspecified atom stereocenters. The Labute approximate surface area is 56.8 Å². The van der Waals surface area contributed by atoms with Crippen LogP contribution in [0.5, 0.6) is 0 Å². The third-order valence-corrected chi connectivity index (χ3v) is 3.28. The normalized spacial score (nSPS) is 39.0. The molecule has 2 rings (SSSR count). The number of rotatable bonds is 0. The van der Waals surface area contributed by atoms with Gasteiger partial charge in [0, 0.05) is 12.6 Å². The van der Waals surface area contributed by atoms with Crippen molar-refractivity contribution in [3.63, 3.8) is 0 Å². The van der Waals surface area contributed by atoms with E-state index >= 15 is 0 Å². The van der Waals surface area contributed by atoms with Crippen molar-refractivity contribution in [3.8, 4) is 0 Å². The summed E-state index contributed by atoms with van der Waals surface area (Å²) in [5.41, 5.74) is 0.764. The Balaban J connectivity index is 2.06. The van der Waals surface area contributed by atoms with Gasteiger partial charge >= 0.3 is 0 Å². The second-order valence-electron chi connectivity index (χ2n) is 3.67. The monoisotopic (exact) mass is 125 g/mol. The maximum Gasteiger partial charge on any atom is 0.0108 e. The minimum atomic E-state index is 0.764. The molecule has 1 N–H and O–H groups in total. The molecule has 1 spiro atoms. The summed E-state index contributed by atoms with van der Waals surface area (Å²) in [4.78, 5) is 0. The van der Waals surface area contributed by atoms with Gasteiger partial charge in [0.15, 0.2) is 0 Å². The fourth-order valence-corrected chi connectivity index (χ4v) is 2.28. The van der Waals surface area contributed by atoms with Crippen LogP contribution in [0.25, 0.3) is 0 Å². The molecule has 0 amide bonds. The Morgan fingerprint density at radius 2 is 2.00 bits per heavy atom. The van der Waals surface area contributed by atoms with Gasteiger partial charge in [-0.1, -0.05) is 12.8 Å². The summed E-state index contributed by atoms with van der Waals surface area (Å²) in [5, 5.41) is 3.44. The van der Waals surface area contributed by atoms with Crippen LogP contribution in [0.15, 0.2) is 0 Å². The summed E-state index contributed by atoms with van der Waals surface area (Å²) in [7, 11) is 0. The van der Waals surface area contributed by atoms with Gasteiger partial charge in [0.1, 0.15) is 0 Å². The molecular formula is C8H15N. The zero-order valence-corrected chi connectivity index (χ0v) is 6.11. The van der Waals surface area contributed by atoms with Crippen LogP contribution in [0.4, 0.5) is 0 Å². The first kappa shape index (κ1) is 5.72. The van der Waals surface area contributed by atoms with Gasteiger partial charge in [-0.3, -0.25) is 0 Å². The molecule has 0 radical (unpaired) electrons. The van der Waals surface area contributed by atoms with Crippen molar-refractivity contribution < 1.29 is 0 Å². The first-order chi connectivity index (χ1) is 4.33. The van der Waals surface area contributed by atoms with Crippen molar-refractivity contribution in [3.05, 3.63) is 0 Å². The lowest BCUT2D eigenvalue weighted by atomic mass is 9.73. The zero-order valence-electron chi connectivity index (χ0n) is 6.11. The topological polar surface area (TPSA) is 12.0 Å². The molecule has 1 saturated carbocycles. The highest BCUT2D eigenvalue weighted by atomic mass is 15.0. The highest BCUT2D eigenvalue weighted by molar-refractivity contribution is 5.01. The van der Waals surface area contributed by atoms with Crippen LogP contribution in [-0.4, -0.2) is 12.6 Å². The fraction of sp³-hybridized carbons (Fsp3) is 1.00. The van der Waals surface area contributed by atoms with E-state index in [9.17, 15) is 0 Å². The molecule has 1 saturated heterocycles. The number of hydrogen-bond donors (Lipinski definition) is 1. The van der Waals surface area contributed by atoms with Crippen LogP contribution in [0, 0.1) is 5.41 Å². The molecule has 1 atom stereocenters. The molecule has 0 aromatic carbocycles. The molecular weight excluding hydrogens is 110 g/mol. The summed E-state index contributed by atoms with van der Waals surface area (Å²) in [5.74, 6) is 0. The van der Waals surface area contributed by atoms with Crippen LogP contribution in [0.2, 0.25) is 0 Å². The molecule has 0 aromatic heterocycles. The third-order valence-electron chi connectivity index (χ3n) is 3.28. The molecule has 1 aliphatic carbocycles. The van der Waals surface area contributed by atoms with Crippen molar-refractivity contribution in [2.75, 3.05) is 6.54 Å². The Morgan fingerprint density at radius 3 is 2.22 bits per heavy atom. The molecule has 9 heavy (non-hydrogen) atoms. The first-order valence-electron chi connectivity index (χ1n) is 4.07. The van der Waals surface area contributed by atoms with Crippen molar-refractivity contribution in [1.82, 2.24) is 5.32 Å². The lowest BCUT2D eigenvalue weighted by Crippen LogP contribution is -2.59. The summed E-state index contributed by atoms with van der Waals surface area (Å²) in [6.07, 6.45) is 5.93. The summed E-state index contributed by atoms with van der Waals surface area (Å²) in [6.45, 7) is 3.63. The summed E-state index contributed by atoms with van der Waals surface area (Å²) in [6, 6.07) is 0.819. The Bertz CT molecular complexity index is 114. The predicted molar refractivity (Wildman–Crippen MR) is 38.4 cm³/mol. The van der Waals surface area contributed by atoms with Gasteiger partial charge in [-0.05, 0) is 25.2 Å². The number of hydrogen-bond acceptors (Lipinski definition) is 1. The maximum absolute atomic E-state index is 3.44. The molecule has 0 bridgehead atoms. The Kier molecular flexibility index (Phi) is 1.10. The molecule has 1 heterocycles. The fourth-order valence-electron chi connectivity index (χ4n) is 2.28. The molecule has 52 valence electrons.